The Labute approximate surface area is 135 Å². The van der Waals surface area contributed by atoms with Crippen LogP contribution in [-0.4, -0.2) is 26.0 Å². The topological polar surface area (TPSA) is 72.2 Å². The number of sulfonamides is 1. The maximum atomic E-state index is 12.6. The Kier molecular flexibility index (Phi) is 5.46. The molecule has 4 nitrogen and oxygen atoms in total. The van der Waals surface area contributed by atoms with Crippen LogP contribution in [0.5, 0.6) is 0 Å². The van der Waals surface area contributed by atoms with Crippen molar-refractivity contribution in [1.29, 1.82) is 0 Å². The van der Waals surface area contributed by atoms with Crippen LogP contribution in [0.25, 0.3) is 0 Å². The summed E-state index contributed by atoms with van der Waals surface area (Å²) >= 11 is 7.66. The van der Waals surface area contributed by atoms with E-state index in [0.29, 0.717) is 15.8 Å². The summed E-state index contributed by atoms with van der Waals surface area (Å²) in [5.74, 6) is 0. The minimum atomic E-state index is -3.57. The van der Waals surface area contributed by atoms with Crippen molar-refractivity contribution in [3.05, 3.63) is 22.7 Å². The van der Waals surface area contributed by atoms with Gasteiger partial charge in [0.15, 0.2) is 0 Å². The molecule has 0 bridgehead atoms. The summed E-state index contributed by atoms with van der Waals surface area (Å²) in [7, 11) is -3.57. The van der Waals surface area contributed by atoms with Crippen LogP contribution in [-0.2, 0) is 10.0 Å². The maximum Gasteiger partial charge on any atom is 0.241 e. The van der Waals surface area contributed by atoms with Gasteiger partial charge in [-0.2, -0.15) is 11.8 Å². The lowest BCUT2D eigenvalue weighted by atomic mass is 9.96. The number of nitrogen functional groups attached to an aromatic ring is 1. The van der Waals surface area contributed by atoms with Crippen LogP contribution in [0.2, 0.25) is 5.02 Å². The second-order valence-corrected chi connectivity index (χ2v) is 8.59. The summed E-state index contributed by atoms with van der Waals surface area (Å²) < 4.78 is 28.1. The summed E-state index contributed by atoms with van der Waals surface area (Å²) in [6.07, 6.45) is 6.19. The van der Waals surface area contributed by atoms with Crippen LogP contribution in [0, 0.1) is 6.92 Å². The standard InChI is InChI=1S/C14H21ClN2O2S2/c1-9-7-10(15)11(16)8-14(9)21(18,19)17-12-5-3-4-6-13(12)20-2/h7-8,12-13,17H,3-6,16H2,1-2H3. The van der Waals surface area contributed by atoms with E-state index in [1.165, 1.54) is 6.07 Å². The van der Waals surface area contributed by atoms with Crippen LogP contribution in [0.15, 0.2) is 17.0 Å². The smallest absolute Gasteiger partial charge is 0.241 e. The molecule has 118 valence electrons. The van der Waals surface area contributed by atoms with Gasteiger partial charge in [-0.05, 0) is 43.7 Å². The zero-order valence-corrected chi connectivity index (χ0v) is 14.6. The highest BCUT2D eigenvalue weighted by Gasteiger charge is 2.29. The van der Waals surface area contributed by atoms with E-state index in [1.54, 1.807) is 24.8 Å². The highest BCUT2D eigenvalue weighted by Crippen LogP contribution is 2.30. The minimum Gasteiger partial charge on any atom is -0.397 e. The van der Waals surface area contributed by atoms with Gasteiger partial charge in [0.05, 0.1) is 15.6 Å². The van der Waals surface area contributed by atoms with Crippen LogP contribution in [0.3, 0.4) is 0 Å². The molecule has 1 fully saturated rings. The Balaban J connectivity index is 2.28. The average Bonchev–Trinajstić information content (AvgIpc) is 2.43. The third-order valence-corrected chi connectivity index (χ3v) is 7.02. The summed E-state index contributed by atoms with van der Waals surface area (Å²) in [6, 6.07) is 3.02. The minimum absolute atomic E-state index is 0.0185. The first-order valence-electron chi connectivity index (χ1n) is 6.96. The van der Waals surface area contributed by atoms with Gasteiger partial charge in [0.1, 0.15) is 0 Å². The maximum absolute atomic E-state index is 12.6. The van der Waals surface area contributed by atoms with E-state index in [0.717, 1.165) is 25.7 Å². The van der Waals surface area contributed by atoms with Gasteiger partial charge in [0, 0.05) is 11.3 Å². The predicted octanol–water partition coefficient (Wildman–Crippen LogP) is 3.18. The fourth-order valence-corrected chi connectivity index (χ4v) is 5.55. The number of thioether (sulfide) groups is 1. The molecule has 0 spiro atoms. The first kappa shape index (κ1) is 16.9. The summed E-state index contributed by atoms with van der Waals surface area (Å²) in [5, 5.41) is 0.713. The van der Waals surface area contributed by atoms with Crippen molar-refractivity contribution in [2.75, 3.05) is 12.0 Å². The Hall–Kier alpha value is -0.430. The first-order chi connectivity index (χ1) is 9.85. The molecule has 2 rings (SSSR count). The van der Waals surface area contributed by atoms with Crippen LogP contribution >= 0.6 is 23.4 Å². The average molecular weight is 349 g/mol. The Morgan fingerprint density at radius 1 is 1.33 bits per heavy atom. The molecule has 0 radical (unpaired) electrons. The number of halogens is 1. The van der Waals surface area contributed by atoms with E-state index < -0.39 is 10.0 Å². The van der Waals surface area contributed by atoms with E-state index in [1.807, 2.05) is 6.26 Å². The highest BCUT2D eigenvalue weighted by molar-refractivity contribution is 7.99. The van der Waals surface area contributed by atoms with E-state index >= 15 is 0 Å². The molecule has 1 aliphatic carbocycles. The highest BCUT2D eigenvalue weighted by atomic mass is 35.5. The largest absolute Gasteiger partial charge is 0.397 e. The molecule has 2 unspecified atom stereocenters. The fourth-order valence-electron chi connectivity index (χ4n) is 2.73. The normalized spacial score (nSPS) is 23.2. The quantitative estimate of drug-likeness (QED) is 0.820. The number of anilines is 1. The van der Waals surface area contributed by atoms with Crippen LogP contribution in [0.4, 0.5) is 5.69 Å². The second-order valence-electron chi connectivity index (χ2n) is 5.43. The van der Waals surface area contributed by atoms with Crippen molar-refractivity contribution >= 4 is 39.1 Å². The number of nitrogens with two attached hydrogens (primary N) is 1. The summed E-state index contributed by atoms with van der Waals surface area (Å²) in [6.45, 7) is 1.73. The molecule has 1 aliphatic rings. The number of rotatable bonds is 4. The van der Waals surface area contributed by atoms with Crippen molar-refractivity contribution < 1.29 is 8.42 Å². The molecule has 1 saturated carbocycles. The van der Waals surface area contributed by atoms with E-state index in [9.17, 15) is 8.42 Å². The number of nitrogens with one attached hydrogen (secondary N) is 1. The SMILES string of the molecule is CSC1CCCCC1NS(=O)(=O)c1cc(N)c(Cl)cc1C. The van der Waals surface area contributed by atoms with Gasteiger partial charge in [-0.25, -0.2) is 13.1 Å². The van der Waals surface area contributed by atoms with Crippen molar-refractivity contribution in [2.24, 2.45) is 0 Å². The van der Waals surface area contributed by atoms with Gasteiger partial charge in [-0.1, -0.05) is 24.4 Å². The summed E-state index contributed by atoms with van der Waals surface area (Å²) in [4.78, 5) is 0.217. The van der Waals surface area contributed by atoms with E-state index in [2.05, 4.69) is 4.72 Å². The Morgan fingerprint density at radius 2 is 2.00 bits per heavy atom. The zero-order valence-electron chi connectivity index (χ0n) is 12.2. The van der Waals surface area contributed by atoms with Gasteiger partial charge in [-0.3, -0.25) is 0 Å². The van der Waals surface area contributed by atoms with Crippen molar-refractivity contribution in [2.45, 2.75) is 48.8 Å². The molecule has 0 heterocycles. The molecule has 1 aromatic rings. The molecule has 1 aromatic carbocycles. The van der Waals surface area contributed by atoms with Gasteiger partial charge in [0.25, 0.3) is 0 Å². The molecule has 0 saturated heterocycles. The molecule has 0 aromatic heterocycles. The molecule has 7 heteroatoms. The lowest BCUT2D eigenvalue weighted by Crippen LogP contribution is -2.43. The predicted molar refractivity (Wildman–Crippen MR) is 90.5 cm³/mol. The molecule has 21 heavy (non-hydrogen) atoms. The second kappa shape index (κ2) is 6.77. The molecule has 0 aliphatic heterocycles. The number of aryl methyl sites for hydroxylation is 1. The number of benzene rings is 1. The fraction of sp³-hybridized carbons (Fsp3) is 0.571. The van der Waals surface area contributed by atoms with Crippen LogP contribution in [0.1, 0.15) is 31.2 Å². The first-order valence-corrected chi connectivity index (χ1v) is 10.1. The number of hydrogen-bond donors (Lipinski definition) is 2. The van der Waals surface area contributed by atoms with E-state index in [4.69, 9.17) is 17.3 Å². The number of hydrogen-bond acceptors (Lipinski definition) is 4. The van der Waals surface area contributed by atoms with Crippen molar-refractivity contribution in [1.82, 2.24) is 4.72 Å². The molecule has 0 amide bonds. The molecular formula is C14H21ClN2O2S2. The van der Waals surface area contributed by atoms with Gasteiger partial charge < -0.3 is 5.73 Å². The van der Waals surface area contributed by atoms with Gasteiger partial charge >= 0.3 is 0 Å². The summed E-state index contributed by atoms with van der Waals surface area (Å²) in [5.41, 5.74) is 6.64. The van der Waals surface area contributed by atoms with Crippen molar-refractivity contribution in [3.8, 4) is 0 Å². The Morgan fingerprint density at radius 3 is 2.67 bits per heavy atom. The lowest BCUT2D eigenvalue weighted by molar-refractivity contribution is 0.423. The van der Waals surface area contributed by atoms with E-state index in [-0.39, 0.29) is 16.6 Å². The third-order valence-electron chi connectivity index (χ3n) is 3.90. The van der Waals surface area contributed by atoms with Crippen molar-refractivity contribution in [3.63, 3.8) is 0 Å². The van der Waals surface area contributed by atoms with Crippen LogP contribution < -0.4 is 10.5 Å². The monoisotopic (exact) mass is 348 g/mol. The van der Waals surface area contributed by atoms with Gasteiger partial charge in [0.2, 0.25) is 10.0 Å². The lowest BCUT2D eigenvalue weighted by Gasteiger charge is -2.30. The van der Waals surface area contributed by atoms with Gasteiger partial charge in [-0.15, -0.1) is 0 Å². The molecular weight excluding hydrogens is 328 g/mol. The molecule has 3 N–H and O–H groups in total. The zero-order chi connectivity index (χ0) is 15.6. The Bertz CT molecular complexity index is 620. The third kappa shape index (κ3) is 3.86. The molecule has 2 atom stereocenters.